The normalized spacial score (nSPS) is 18.1. The Labute approximate surface area is 138 Å². The first-order valence-electron chi connectivity index (χ1n) is 7.39. The fraction of sp³-hybridized carbons (Fsp3) is 0.278. The first kappa shape index (κ1) is 15.4. The highest BCUT2D eigenvalue weighted by Gasteiger charge is 2.37. The Morgan fingerprint density at radius 2 is 1.73 bits per heavy atom. The van der Waals surface area contributed by atoms with Crippen molar-refractivity contribution in [1.82, 2.24) is 0 Å². The molecule has 0 spiro atoms. The number of nitrogens with zero attached hydrogens (tertiary/aromatic N) is 1. The van der Waals surface area contributed by atoms with Crippen molar-refractivity contribution < 1.29 is 4.21 Å². The average Bonchev–Trinajstić information content (AvgIpc) is 2.48. The Bertz CT molecular complexity index is 703. The molecule has 0 aromatic heterocycles. The highest BCUT2D eigenvalue weighted by atomic mass is 35.5. The van der Waals surface area contributed by atoms with Crippen LogP contribution in [0.5, 0.6) is 0 Å². The highest BCUT2D eigenvalue weighted by Crippen LogP contribution is 2.42. The zero-order valence-electron chi connectivity index (χ0n) is 12.5. The van der Waals surface area contributed by atoms with Gasteiger partial charge < -0.3 is 0 Å². The molecule has 1 atom stereocenters. The third kappa shape index (κ3) is 3.16. The molecule has 0 heterocycles. The van der Waals surface area contributed by atoms with Crippen LogP contribution in [0.15, 0.2) is 57.8 Å². The van der Waals surface area contributed by atoms with E-state index in [1.807, 2.05) is 61.7 Å². The molecule has 0 aliphatic heterocycles. The van der Waals surface area contributed by atoms with E-state index in [-0.39, 0.29) is 5.41 Å². The van der Waals surface area contributed by atoms with Gasteiger partial charge in [-0.1, -0.05) is 47.9 Å². The summed E-state index contributed by atoms with van der Waals surface area (Å²) in [6.45, 7) is 2.01. The van der Waals surface area contributed by atoms with Crippen LogP contribution >= 0.6 is 11.6 Å². The Hall–Kier alpha value is -1.45. The molecule has 2 aromatic rings. The monoisotopic (exact) mass is 331 g/mol. The van der Waals surface area contributed by atoms with Crippen LogP contribution < -0.4 is 0 Å². The summed E-state index contributed by atoms with van der Waals surface area (Å²) in [6.07, 6.45) is 5.15. The van der Waals surface area contributed by atoms with E-state index in [1.165, 1.54) is 12.0 Å². The lowest BCUT2D eigenvalue weighted by molar-refractivity contribution is 0.348. The van der Waals surface area contributed by atoms with Crippen LogP contribution in [0.4, 0.5) is 0 Å². The van der Waals surface area contributed by atoms with Gasteiger partial charge in [0.15, 0.2) is 11.0 Å². The van der Waals surface area contributed by atoms with Gasteiger partial charge in [-0.05, 0) is 49.6 Å². The van der Waals surface area contributed by atoms with Crippen LogP contribution in [-0.4, -0.2) is 10.4 Å². The summed E-state index contributed by atoms with van der Waals surface area (Å²) in [5.41, 5.74) is 2.28. The van der Waals surface area contributed by atoms with E-state index in [9.17, 15) is 4.21 Å². The van der Waals surface area contributed by atoms with Crippen molar-refractivity contribution in [3.8, 4) is 0 Å². The fourth-order valence-corrected chi connectivity index (χ4v) is 3.61. The largest absolute Gasteiger partial charge is 0.230 e. The van der Waals surface area contributed by atoms with Crippen molar-refractivity contribution in [3.63, 3.8) is 0 Å². The molecule has 0 radical (unpaired) electrons. The summed E-state index contributed by atoms with van der Waals surface area (Å²) in [5.74, 6) is 0. The molecule has 0 saturated heterocycles. The lowest BCUT2D eigenvalue weighted by Gasteiger charge is -2.39. The first-order chi connectivity index (χ1) is 10.6. The summed E-state index contributed by atoms with van der Waals surface area (Å²) in [5, 5.41) is 0.735. The lowest BCUT2D eigenvalue weighted by atomic mass is 9.65. The fourth-order valence-electron chi connectivity index (χ4n) is 2.70. The predicted molar refractivity (Wildman–Crippen MR) is 93.1 cm³/mol. The number of hydrogen-bond acceptors (Lipinski definition) is 1. The second-order valence-electron chi connectivity index (χ2n) is 5.81. The minimum absolute atomic E-state index is 0.0784. The predicted octanol–water partition coefficient (Wildman–Crippen LogP) is 4.86. The van der Waals surface area contributed by atoms with Crippen molar-refractivity contribution in [2.75, 3.05) is 0 Å². The van der Waals surface area contributed by atoms with Crippen LogP contribution in [0, 0.1) is 6.92 Å². The Kier molecular flexibility index (Phi) is 4.46. The van der Waals surface area contributed by atoms with Crippen molar-refractivity contribution in [2.45, 2.75) is 36.5 Å². The number of hydrogen-bond donors (Lipinski definition) is 0. The van der Waals surface area contributed by atoms with E-state index in [1.54, 1.807) is 0 Å². The van der Waals surface area contributed by atoms with Gasteiger partial charge in [-0.2, -0.15) is 4.40 Å². The van der Waals surface area contributed by atoms with Gasteiger partial charge in [0.2, 0.25) is 0 Å². The smallest absolute Gasteiger partial charge is 0.172 e. The molecule has 3 rings (SSSR count). The summed E-state index contributed by atoms with van der Waals surface area (Å²) in [4.78, 5) is 0.743. The van der Waals surface area contributed by atoms with Crippen LogP contribution in [-0.2, 0) is 16.4 Å². The van der Waals surface area contributed by atoms with Crippen LogP contribution in [0.25, 0.3) is 0 Å². The topological polar surface area (TPSA) is 29.4 Å². The molecule has 0 N–H and O–H groups in total. The molecular weight excluding hydrogens is 314 g/mol. The number of rotatable bonds is 4. The van der Waals surface area contributed by atoms with Gasteiger partial charge in [-0.3, -0.25) is 0 Å². The van der Waals surface area contributed by atoms with Crippen molar-refractivity contribution >= 4 is 28.8 Å². The molecule has 2 nitrogen and oxygen atoms in total. The standard InChI is InChI=1S/C18H18ClNOS/c1-14-3-9-17(10-4-14)22(21)20-13-18(11-2-12-18)15-5-7-16(19)8-6-15/h3-10,13H,2,11-12H2,1H3/b20-13+. The average molecular weight is 332 g/mol. The molecule has 1 aliphatic carbocycles. The van der Waals surface area contributed by atoms with Crippen molar-refractivity contribution in [2.24, 2.45) is 4.40 Å². The van der Waals surface area contributed by atoms with Gasteiger partial charge in [0, 0.05) is 16.7 Å². The molecule has 1 fully saturated rings. The summed E-state index contributed by atoms with van der Waals surface area (Å²) >= 11 is 5.96. The lowest BCUT2D eigenvalue weighted by Crippen LogP contribution is -2.35. The van der Waals surface area contributed by atoms with E-state index in [2.05, 4.69) is 4.40 Å². The second-order valence-corrected chi connectivity index (χ2v) is 7.43. The van der Waals surface area contributed by atoms with Gasteiger partial charge in [0.1, 0.15) is 0 Å². The first-order valence-corrected chi connectivity index (χ1v) is 8.87. The van der Waals surface area contributed by atoms with E-state index < -0.39 is 11.0 Å². The number of benzene rings is 2. The van der Waals surface area contributed by atoms with Crippen LogP contribution in [0.2, 0.25) is 5.02 Å². The van der Waals surface area contributed by atoms with Crippen molar-refractivity contribution in [1.29, 1.82) is 0 Å². The van der Waals surface area contributed by atoms with Crippen LogP contribution in [0.3, 0.4) is 0 Å². The second kappa shape index (κ2) is 6.35. The Morgan fingerprint density at radius 3 is 2.27 bits per heavy atom. The Balaban J connectivity index is 1.81. The maximum absolute atomic E-state index is 12.3. The third-order valence-electron chi connectivity index (χ3n) is 4.28. The third-order valence-corrected chi connectivity index (χ3v) is 5.51. The van der Waals surface area contributed by atoms with Gasteiger partial charge in [-0.15, -0.1) is 0 Å². The zero-order chi connectivity index (χ0) is 15.6. The van der Waals surface area contributed by atoms with Crippen LogP contribution in [0.1, 0.15) is 30.4 Å². The van der Waals surface area contributed by atoms with Gasteiger partial charge >= 0.3 is 0 Å². The van der Waals surface area contributed by atoms with Gasteiger partial charge in [0.25, 0.3) is 0 Å². The summed E-state index contributed by atoms with van der Waals surface area (Å²) in [7, 11) is -1.34. The Morgan fingerprint density at radius 1 is 1.09 bits per heavy atom. The number of halogens is 1. The van der Waals surface area contributed by atoms with E-state index in [4.69, 9.17) is 11.6 Å². The van der Waals surface area contributed by atoms with E-state index in [0.717, 1.165) is 28.3 Å². The quantitative estimate of drug-likeness (QED) is 0.735. The molecule has 2 aromatic carbocycles. The molecule has 1 saturated carbocycles. The molecule has 1 unspecified atom stereocenters. The number of aryl methyl sites for hydroxylation is 1. The molecule has 0 amide bonds. The van der Waals surface area contributed by atoms with Crippen molar-refractivity contribution in [3.05, 3.63) is 64.7 Å². The van der Waals surface area contributed by atoms with E-state index in [0.29, 0.717) is 0 Å². The maximum atomic E-state index is 12.3. The zero-order valence-corrected chi connectivity index (χ0v) is 14.0. The van der Waals surface area contributed by atoms with Gasteiger partial charge in [-0.25, -0.2) is 4.21 Å². The minimum atomic E-state index is -1.34. The molecular formula is C18H18ClNOS. The molecule has 22 heavy (non-hydrogen) atoms. The molecule has 114 valence electrons. The molecule has 1 aliphatic rings. The maximum Gasteiger partial charge on any atom is 0.172 e. The van der Waals surface area contributed by atoms with Gasteiger partial charge in [0.05, 0.1) is 4.90 Å². The summed E-state index contributed by atoms with van der Waals surface area (Å²) < 4.78 is 16.7. The molecule has 0 bridgehead atoms. The SMILES string of the molecule is Cc1ccc(S(=O)/N=C/C2(c3ccc(Cl)cc3)CCC2)cc1. The highest BCUT2D eigenvalue weighted by molar-refractivity contribution is 7.83. The minimum Gasteiger partial charge on any atom is -0.230 e. The summed E-state index contributed by atoms with van der Waals surface area (Å²) in [6, 6.07) is 15.6. The van der Waals surface area contributed by atoms with E-state index >= 15 is 0 Å². The molecule has 4 heteroatoms.